The predicted octanol–water partition coefficient (Wildman–Crippen LogP) is 2.28. The van der Waals surface area contributed by atoms with Crippen molar-refractivity contribution in [2.24, 2.45) is 0 Å². The Morgan fingerprint density at radius 2 is 1.78 bits per heavy atom. The monoisotopic (exact) mass is 316 g/mol. The highest BCUT2D eigenvalue weighted by molar-refractivity contribution is 5.98. The summed E-state index contributed by atoms with van der Waals surface area (Å²) in [5.41, 5.74) is 0.391. The molecule has 0 aliphatic carbocycles. The first-order valence-corrected chi connectivity index (χ1v) is 7.16. The molecule has 0 saturated carbocycles. The number of halogens is 2. The molecule has 4 nitrogen and oxygen atoms in total. The molecular weight excluding hydrogens is 302 g/mol. The molecule has 2 aromatic rings. The Balaban J connectivity index is 1.98. The standard InChI is InChI=1S/C17H14F2N2O2/c18-12-7-5-11(6-8-12)17(23)21-10-9-20-16(22)15(21)13-3-1-2-4-14(13)19/h1-8,15H,9-10H2,(H,20,22). The third-order valence-electron chi connectivity index (χ3n) is 3.76. The normalized spacial score (nSPS) is 17.7. The van der Waals surface area contributed by atoms with Crippen LogP contribution in [0.5, 0.6) is 0 Å². The van der Waals surface area contributed by atoms with E-state index in [2.05, 4.69) is 5.32 Å². The zero-order chi connectivity index (χ0) is 16.4. The Bertz CT molecular complexity index is 747. The molecule has 1 aliphatic rings. The number of nitrogens with zero attached hydrogens (tertiary/aromatic N) is 1. The van der Waals surface area contributed by atoms with Crippen LogP contribution < -0.4 is 5.32 Å². The van der Waals surface area contributed by atoms with E-state index in [1.54, 1.807) is 6.07 Å². The van der Waals surface area contributed by atoms with E-state index in [1.807, 2.05) is 0 Å². The molecule has 23 heavy (non-hydrogen) atoms. The lowest BCUT2D eigenvalue weighted by Gasteiger charge is -2.35. The van der Waals surface area contributed by atoms with Crippen LogP contribution in [0.15, 0.2) is 48.5 Å². The van der Waals surface area contributed by atoms with Gasteiger partial charge in [0.2, 0.25) is 5.91 Å². The average molecular weight is 316 g/mol. The second kappa shape index (κ2) is 6.16. The molecular formula is C17H14F2N2O2. The summed E-state index contributed by atoms with van der Waals surface area (Å²) in [6.45, 7) is 0.539. The summed E-state index contributed by atoms with van der Waals surface area (Å²) in [6, 6.07) is 9.87. The van der Waals surface area contributed by atoms with Gasteiger partial charge in [0, 0.05) is 24.2 Å². The van der Waals surface area contributed by atoms with Crippen molar-refractivity contribution in [3.63, 3.8) is 0 Å². The quantitative estimate of drug-likeness (QED) is 0.924. The molecule has 118 valence electrons. The predicted molar refractivity (Wildman–Crippen MR) is 79.6 cm³/mol. The van der Waals surface area contributed by atoms with Crippen LogP contribution in [0.3, 0.4) is 0 Å². The van der Waals surface area contributed by atoms with Gasteiger partial charge >= 0.3 is 0 Å². The summed E-state index contributed by atoms with van der Waals surface area (Å²) in [7, 11) is 0. The number of amides is 2. The van der Waals surface area contributed by atoms with E-state index in [1.165, 1.54) is 47.4 Å². The van der Waals surface area contributed by atoms with E-state index >= 15 is 0 Å². The molecule has 0 spiro atoms. The zero-order valence-electron chi connectivity index (χ0n) is 12.1. The Morgan fingerprint density at radius 3 is 2.48 bits per heavy atom. The molecule has 1 aliphatic heterocycles. The highest BCUT2D eigenvalue weighted by Gasteiger charge is 2.36. The SMILES string of the molecule is O=C1NCCN(C(=O)c2ccc(F)cc2)C1c1ccccc1F. The summed E-state index contributed by atoms with van der Waals surface area (Å²) < 4.78 is 27.1. The van der Waals surface area contributed by atoms with E-state index in [0.717, 1.165) is 0 Å². The third-order valence-corrected chi connectivity index (χ3v) is 3.76. The van der Waals surface area contributed by atoms with Crippen LogP contribution >= 0.6 is 0 Å². The van der Waals surface area contributed by atoms with Crippen LogP contribution in [0, 0.1) is 11.6 Å². The number of carbonyl (C=O) groups is 2. The maximum absolute atomic E-state index is 14.1. The topological polar surface area (TPSA) is 49.4 Å². The third kappa shape index (κ3) is 2.92. The average Bonchev–Trinajstić information content (AvgIpc) is 2.56. The maximum Gasteiger partial charge on any atom is 0.254 e. The van der Waals surface area contributed by atoms with E-state index in [9.17, 15) is 18.4 Å². The Morgan fingerprint density at radius 1 is 1.09 bits per heavy atom. The molecule has 1 saturated heterocycles. The van der Waals surface area contributed by atoms with Crippen LogP contribution in [0.1, 0.15) is 22.0 Å². The van der Waals surface area contributed by atoms with Gasteiger partial charge in [0.1, 0.15) is 17.7 Å². The second-order valence-corrected chi connectivity index (χ2v) is 5.22. The van der Waals surface area contributed by atoms with Crippen molar-refractivity contribution in [1.29, 1.82) is 0 Å². The van der Waals surface area contributed by atoms with Crippen molar-refractivity contribution in [3.8, 4) is 0 Å². The van der Waals surface area contributed by atoms with Gasteiger partial charge in [0.05, 0.1) is 0 Å². The zero-order valence-corrected chi connectivity index (χ0v) is 12.1. The van der Waals surface area contributed by atoms with Gasteiger partial charge in [-0.05, 0) is 30.3 Å². The lowest BCUT2D eigenvalue weighted by atomic mass is 10.0. The maximum atomic E-state index is 14.1. The number of rotatable bonds is 2. The molecule has 1 unspecified atom stereocenters. The molecule has 1 N–H and O–H groups in total. The van der Waals surface area contributed by atoms with Crippen LogP contribution in [0.25, 0.3) is 0 Å². The van der Waals surface area contributed by atoms with E-state index in [0.29, 0.717) is 0 Å². The minimum Gasteiger partial charge on any atom is -0.352 e. The van der Waals surface area contributed by atoms with Crippen LogP contribution in [0.4, 0.5) is 8.78 Å². The van der Waals surface area contributed by atoms with Gasteiger partial charge < -0.3 is 10.2 Å². The molecule has 2 aromatic carbocycles. The number of carbonyl (C=O) groups excluding carboxylic acids is 2. The fourth-order valence-corrected chi connectivity index (χ4v) is 2.65. The minimum absolute atomic E-state index is 0.139. The number of nitrogens with one attached hydrogen (secondary N) is 1. The molecule has 6 heteroatoms. The first kappa shape index (κ1) is 15.1. The molecule has 1 fully saturated rings. The molecule has 0 bridgehead atoms. The van der Waals surface area contributed by atoms with Crippen LogP contribution in [-0.2, 0) is 4.79 Å². The van der Waals surface area contributed by atoms with Crippen LogP contribution in [0.2, 0.25) is 0 Å². The van der Waals surface area contributed by atoms with Gasteiger partial charge in [-0.3, -0.25) is 9.59 Å². The van der Waals surface area contributed by atoms with E-state index in [-0.39, 0.29) is 24.2 Å². The van der Waals surface area contributed by atoms with Crippen molar-refractivity contribution in [3.05, 3.63) is 71.3 Å². The van der Waals surface area contributed by atoms with E-state index in [4.69, 9.17) is 0 Å². The van der Waals surface area contributed by atoms with Crippen molar-refractivity contribution >= 4 is 11.8 Å². The largest absolute Gasteiger partial charge is 0.352 e. The molecule has 0 radical (unpaired) electrons. The van der Waals surface area contributed by atoms with Crippen molar-refractivity contribution < 1.29 is 18.4 Å². The highest BCUT2D eigenvalue weighted by atomic mass is 19.1. The first-order chi connectivity index (χ1) is 11.1. The fourth-order valence-electron chi connectivity index (χ4n) is 2.65. The second-order valence-electron chi connectivity index (χ2n) is 5.22. The highest BCUT2D eigenvalue weighted by Crippen LogP contribution is 2.27. The van der Waals surface area contributed by atoms with Gasteiger partial charge in [0.15, 0.2) is 0 Å². The number of piperazine rings is 1. The summed E-state index contributed by atoms with van der Waals surface area (Å²) in [4.78, 5) is 26.2. The van der Waals surface area contributed by atoms with Gasteiger partial charge in [-0.2, -0.15) is 0 Å². The Kier molecular flexibility index (Phi) is 4.06. The summed E-state index contributed by atoms with van der Waals surface area (Å²) in [6.07, 6.45) is 0. The van der Waals surface area contributed by atoms with Gasteiger partial charge in [-0.1, -0.05) is 18.2 Å². The van der Waals surface area contributed by atoms with Crippen molar-refractivity contribution in [2.75, 3.05) is 13.1 Å². The van der Waals surface area contributed by atoms with Gasteiger partial charge in [-0.15, -0.1) is 0 Å². The number of hydrogen-bond acceptors (Lipinski definition) is 2. The summed E-state index contributed by atoms with van der Waals surface area (Å²) >= 11 is 0. The molecule has 1 atom stereocenters. The lowest BCUT2D eigenvalue weighted by Crippen LogP contribution is -2.52. The van der Waals surface area contributed by atoms with Gasteiger partial charge in [-0.25, -0.2) is 8.78 Å². The molecule has 2 amide bonds. The summed E-state index contributed by atoms with van der Waals surface area (Å²) in [5, 5.41) is 2.64. The van der Waals surface area contributed by atoms with E-state index < -0.39 is 29.5 Å². The number of hydrogen-bond donors (Lipinski definition) is 1. The Labute approximate surface area is 131 Å². The first-order valence-electron chi connectivity index (χ1n) is 7.16. The van der Waals surface area contributed by atoms with Crippen molar-refractivity contribution in [1.82, 2.24) is 10.2 Å². The number of benzene rings is 2. The van der Waals surface area contributed by atoms with Gasteiger partial charge in [0.25, 0.3) is 5.91 Å². The molecule has 1 heterocycles. The minimum atomic E-state index is -1.04. The van der Waals surface area contributed by atoms with Crippen LogP contribution in [-0.4, -0.2) is 29.8 Å². The van der Waals surface area contributed by atoms with Crippen molar-refractivity contribution in [2.45, 2.75) is 6.04 Å². The Hall–Kier alpha value is -2.76. The summed E-state index contributed by atoms with van der Waals surface area (Å²) in [5.74, 6) is -1.88. The fraction of sp³-hybridized carbons (Fsp3) is 0.176. The molecule has 3 rings (SSSR count). The molecule has 0 aromatic heterocycles. The lowest BCUT2D eigenvalue weighted by molar-refractivity contribution is -0.128. The smallest absolute Gasteiger partial charge is 0.254 e.